The highest BCUT2D eigenvalue weighted by molar-refractivity contribution is 6.30. The van der Waals surface area contributed by atoms with E-state index in [9.17, 15) is 4.39 Å². The molecule has 3 rings (SSSR count). The summed E-state index contributed by atoms with van der Waals surface area (Å²) < 4.78 is 20.2. The third-order valence-corrected chi connectivity index (χ3v) is 4.95. The van der Waals surface area contributed by atoms with Gasteiger partial charge in [0.2, 0.25) is 0 Å². The van der Waals surface area contributed by atoms with E-state index in [1.165, 1.54) is 12.8 Å². The molecule has 2 aliphatic rings. The molecule has 4 heteroatoms. The van der Waals surface area contributed by atoms with Crippen molar-refractivity contribution in [2.75, 3.05) is 20.2 Å². The van der Waals surface area contributed by atoms with E-state index >= 15 is 0 Å². The summed E-state index contributed by atoms with van der Waals surface area (Å²) >= 11 is 5.91. The van der Waals surface area contributed by atoms with Crippen LogP contribution in [0.25, 0.3) is 0 Å². The zero-order valence-corrected chi connectivity index (χ0v) is 12.5. The second-order valence-corrected chi connectivity index (χ2v) is 6.57. The summed E-state index contributed by atoms with van der Waals surface area (Å²) in [6, 6.07) is 5.28. The van der Waals surface area contributed by atoms with Crippen molar-refractivity contribution < 1.29 is 9.13 Å². The quantitative estimate of drug-likeness (QED) is 0.899. The summed E-state index contributed by atoms with van der Waals surface area (Å²) in [6.45, 7) is 1.64. The average Bonchev–Trinajstić information content (AvgIpc) is 3.18. The number of hydrogen-bond donors (Lipinski definition) is 1. The Hall–Kier alpha value is -0.640. The molecule has 1 saturated heterocycles. The molecule has 0 radical (unpaired) electrons. The second-order valence-electron chi connectivity index (χ2n) is 6.16. The van der Waals surface area contributed by atoms with Crippen LogP contribution in [-0.4, -0.2) is 26.3 Å². The van der Waals surface area contributed by atoms with E-state index in [-0.39, 0.29) is 22.4 Å². The largest absolute Gasteiger partial charge is 0.377 e. The molecule has 2 atom stereocenters. The lowest BCUT2D eigenvalue weighted by atomic mass is 9.74. The molecular weight excluding hydrogens is 277 g/mol. The van der Waals surface area contributed by atoms with Crippen LogP contribution in [0.4, 0.5) is 4.39 Å². The van der Waals surface area contributed by atoms with Gasteiger partial charge in [0.25, 0.3) is 0 Å². The highest BCUT2D eigenvalue weighted by atomic mass is 35.5. The predicted octanol–water partition coefficient (Wildman–Crippen LogP) is 3.43. The zero-order chi connectivity index (χ0) is 14.2. The first-order valence-electron chi connectivity index (χ1n) is 7.35. The van der Waals surface area contributed by atoms with Crippen molar-refractivity contribution in [1.82, 2.24) is 5.32 Å². The second kappa shape index (κ2) is 5.63. The Bertz CT molecular complexity index is 491. The lowest BCUT2D eigenvalue weighted by Gasteiger charge is -2.34. The molecule has 1 heterocycles. The van der Waals surface area contributed by atoms with Crippen molar-refractivity contribution in [2.45, 2.75) is 31.8 Å². The van der Waals surface area contributed by atoms with Gasteiger partial charge in [-0.2, -0.15) is 0 Å². The Morgan fingerprint density at radius 2 is 2.25 bits per heavy atom. The standard InChI is InChI=1S/C16H21ClFNO/c1-19-10-16(7-8-20-15(16)11-5-6-11)9-12-3-2-4-13(17)14(12)18/h2-4,11,15,19H,5-10H2,1H3. The number of benzene rings is 1. The lowest BCUT2D eigenvalue weighted by molar-refractivity contribution is 0.0311. The molecule has 2 unspecified atom stereocenters. The van der Waals surface area contributed by atoms with Crippen LogP contribution < -0.4 is 5.32 Å². The first-order chi connectivity index (χ1) is 9.66. The first kappa shape index (κ1) is 14.3. The highest BCUT2D eigenvalue weighted by Crippen LogP contribution is 2.49. The van der Waals surface area contributed by atoms with Crippen LogP contribution in [-0.2, 0) is 11.2 Å². The van der Waals surface area contributed by atoms with E-state index in [1.807, 2.05) is 19.2 Å². The van der Waals surface area contributed by atoms with Gasteiger partial charge in [0, 0.05) is 18.6 Å². The highest BCUT2D eigenvalue weighted by Gasteiger charge is 2.50. The predicted molar refractivity (Wildman–Crippen MR) is 78.6 cm³/mol. The minimum atomic E-state index is -0.272. The molecule has 0 amide bonds. The van der Waals surface area contributed by atoms with Crippen LogP contribution >= 0.6 is 11.6 Å². The van der Waals surface area contributed by atoms with E-state index < -0.39 is 0 Å². The number of nitrogens with one attached hydrogen (secondary N) is 1. The van der Waals surface area contributed by atoms with E-state index in [1.54, 1.807) is 6.07 Å². The first-order valence-corrected chi connectivity index (χ1v) is 7.73. The van der Waals surface area contributed by atoms with Crippen molar-refractivity contribution in [3.63, 3.8) is 0 Å². The number of halogens is 2. The fourth-order valence-electron chi connectivity index (χ4n) is 3.60. The van der Waals surface area contributed by atoms with Gasteiger partial charge in [0.1, 0.15) is 5.82 Å². The van der Waals surface area contributed by atoms with Crippen LogP contribution in [0.2, 0.25) is 5.02 Å². The summed E-state index contributed by atoms with van der Waals surface area (Å²) in [4.78, 5) is 0. The number of hydrogen-bond acceptors (Lipinski definition) is 2. The topological polar surface area (TPSA) is 21.3 Å². The van der Waals surface area contributed by atoms with Crippen LogP contribution in [0.15, 0.2) is 18.2 Å². The third-order valence-electron chi connectivity index (χ3n) is 4.65. The van der Waals surface area contributed by atoms with Crippen LogP contribution in [0.3, 0.4) is 0 Å². The molecule has 1 aromatic carbocycles. The van der Waals surface area contributed by atoms with Gasteiger partial charge in [-0.15, -0.1) is 0 Å². The van der Waals surface area contributed by atoms with Crippen LogP contribution in [0.5, 0.6) is 0 Å². The van der Waals surface area contributed by atoms with Crippen LogP contribution in [0.1, 0.15) is 24.8 Å². The molecule has 1 aromatic rings. The molecule has 1 aliphatic heterocycles. The Labute approximate surface area is 124 Å². The van der Waals surface area contributed by atoms with Crippen molar-refractivity contribution >= 4 is 11.6 Å². The van der Waals surface area contributed by atoms with Gasteiger partial charge in [-0.3, -0.25) is 0 Å². The summed E-state index contributed by atoms with van der Waals surface area (Å²) in [5, 5.41) is 3.49. The van der Waals surface area contributed by atoms with Crippen LogP contribution in [0, 0.1) is 17.2 Å². The molecule has 0 aromatic heterocycles. The van der Waals surface area contributed by atoms with Crippen molar-refractivity contribution in [2.24, 2.45) is 11.3 Å². The molecule has 2 nitrogen and oxygen atoms in total. The zero-order valence-electron chi connectivity index (χ0n) is 11.8. The summed E-state index contributed by atoms with van der Waals surface area (Å²) in [5.74, 6) is 0.388. The van der Waals surface area contributed by atoms with Gasteiger partial charge in [0.05, 0.1) is 11.1 Å². The minimum Gasteiger partial charge on any atom is -0.377 e. The van der Waals surface area contributed by atoms with Gasteiger partial charge < -0.3 is 10.1 Å². The molecule has 2 fully saturated rings. The molecular formula is C16H21ClFNO. The van der Waals surface area contributed by atoms with Gasteiger partial charge in [0.15, 0.2) is 0 Å². The Kier molecular flexibility index (Phi) is 4.02. The molecule has 110 valence electrons. The van der Waals surface area contributed by atoms with Gasteiger partial charge in [-0.1, -0.05) is 23.7 Å². The number of ether oxygens (including phenoxy) is 1. The Morgan fingerprint density at radius 3 is 2.95 bits per heavy atom. The van der Waals surface area contributed by atoms with Crippen molar-refractivity contribution in [3.8, 4) is 0 Å². The lowest BCUT2D eigenvalue weighted by Crippen LogP contribution is -2.42. The Morgan fingerprint density at radius 1 is 1.45 bits per heavy atom. The fraction of sp³-hybridized carbons (Fsp3) is 0.625. The summed E-state index contributed by atoms with van der Waals surface area (Å²) in [7, 11) is 1.96. The van der Waals surface area contributed by atoms with Gasteiger partial charge in [-0.05, 0) is 50.3 Å². The number of rotatable bonds is 5. The monoisotopic (exact) mass is 297 g/mol. The minimum absolute atomic E-state index is 0.00143. The van der Waals surface area contributed by atoms with Gasteiger partial charge in [-0.25, -0.2) is 4.39 Å². The maximum Gasteiger partial charge on any atom is 0.144 e. The fourth-order valence-corrected chi connectivity index (χ4v) is 3.79. The van der Waals surface area contributed by atoms with E-state index in [2.05, 4.69) is 5.32 Å². The van der Waals surface area contributed by atoms with Crippen molar-refractivity contribution in [1.29, 1.82) is 0 Å². The van der Waals surface area contributed by atoms with Gasteiger partial charge >= 0.3 is 0 Å². The molecule has 0 spiro atoms. The third kappa shape index (κ3) is 2.59. The molecule has 20 heavy (non-hydrogen) atoms. The molecule has 0 bridgehead atoms. The summed E-state index contributed by atoms with van der Waals surface area (Å²) in [6.07, 6.45) is 4.43. The summed E-state index contributed by atoms with van der Waals surface area (Å²) in [5.41, 5.74) is 0.713. The maximum atomic E-state index is 14.2. The molecule has 1 aliphatic carbocycles. The smallest absolute Gasteiger partial charge is 0.144 e. The molecule has 1 saturated carbocycles. The average molecular weight is 298 g/mol. The molecule has 1 N–H and O–H groups in total. The Balaban J connectivity index is 1.88. The van der Waals surface area contributed by atoms with E-state index in [0.717, 1.165) is 19.6 Å². The maximum absolute atomic E-state index is 14.2. The SMILES string of the molecule is CNCC1(Cc2cccc(Cl)c2F)CCOC1C1CC1. The normalized spacial score (nSPS) is 29.9. The van der Waals surface area contributed by atoms with Crippen molar-refractivity contribution in [3.05, 3.63) is 34.6 Å². The van der Waals surface area contributed by atoms with E-state index in [4.69, 9.17) is 16.3 Å². The van der Waals surface area contributed by atoms with E-state index in [0.29, 0.717) is 17.9 Å².